The van der Waals surface area contributed by atoms with Gasteiger partial charge in [-0.25, -0.2) is 9.48 Å². The Morgan fingerprint density at radius 2 is 1.94 bits per heavy atom. The van der Waals surface area contributed by atoms with Crippen molar-refractivity contribution in [2.45, 2.75) is 26.1 Å². The summed E-state index contributed by atoms with van der Waals surface area (Å²) >= 11 is 0. The van der Waals surface area contributed by atoms with Gasteiger partial charge in [-0.1, -0.05) is 12.1 Å². The van der Waals surface area contributed by atoms with Gasteiger partial charge in [0.15, 0.2) is 5.69 Å². The van der Waals surface area contributed by atoms with Crippen LogP contribution in [0.1, 0.15) is 29.4 Å². The Bertz CT molecular complexity index is 1180. The SMILES string of the molecule is CCOC(=O)c1cnn(-c2cccc(NC(=O)CCn3ccccc3=O)c2)c1C(F)(F)F. The average Bonchev–Trinajstić information content (AvgIpc) is 3.20. The number of aromatic nitrogens is 3. The highest BCUT2D eigenvalue weighted by Crippen LogP contribution is 2.34. The van der Waals surface area contributed by atoms with Crippen molar-refractivity contribution in [2.75, 3.05) is 11.9 Å². The molecule has 168 valence electrons. The van der Waals surface area contributed by atoms with Gasteiger partial charge in [-0.15, -0.1) is 0 Å². The molecule has 0 spiro atoms. The molecule has 0 aliphatic carbocycles. The van der Waals surface area contributed by atoms with Gasteiger partial charge in [-0.2, -0.15) is 18.3 Å². The van der Waals surface area contributed by atoms with Gasteiger partial charge in [0, 0.05) is 30.9 Å². The minimum atomic E-state index is -4.87. The zero-order chi connectivity index (χ0) is 23.3. The van der Waals surface area contributed by atoms with Gasteiger partial charge in [0.25, 0.3) is 5.56 Å². The van der Waals surface area contributed by atoms with Crippen molar-refractivity contribution in [3.8, 4) is 5.69 Å². The number of benzene rings is 1. The Balaban J connectivity index is 1.81. The summed E-state index contributed by atoms with van der Waals surface area (Å²) in [5.74, 6) is -1.56. The van der Waals surface area contributed by atoms with Crippen LogP contribution in [-0.4, -0.2) is 32.8 Å². The molecule has 0 saturated carbocycles. The highest BCUT2D eigenvalue weighted by Gasteiger charge is 2.41. The summed E-state index contributed by atoms with van der Waals surface area (Å²) in [6.07, 6.45) is -2.55. The molecule has 1 N–H and O–H groups in total. The fraction of sp³-hybridized carbons (Fsp3) is 0.238. The molecule has 3 aromatic rings. The number of alkyl halides is 3. The molecule has 1 aromatic carbocycles. The van der Waals surface area contributed by atoms with Crippen molar-refractivity contribution in [3.63, 3.8) is 0 Å². The largest absolute Gasteiger partial charge is 0.462 e. The number of pyridine rings is 1. The topological polar surface area (TPSA) is 95.2 Å². The Hall–Kier alpha value is -3.89. The Morgan fingerprint density at radius 3 is 2.62 bits per heavy atom. The highest BCUT2D eigenvalue weighted by atomic mass is 19.4. The van der Waals surface area contributed by atoms with E-state index in [9.17, 15) is 27.6 Å². The van der Waals surface area contributed by atoms with Crippen LogP contribution < -0.4 is 10.9 Å². The normalized spacial score (nSPS) is 11.2. The Morgan fingerprint density at radius 1 is 1.16 bits per heavy atom. The number of hydrogen-bond donors (Lipinski definition) is 1. The first kappa shape index (κ1) is 22.8. The van der Waals surface area contributed by atoms with Crippen LogP contribution in [0.25, 0.3) is 5.69 Å². The van der Waals surface area contributed by atoms with Crippen LogP contribution in [0.3, 0.4) is 0 Å². The number of carbonyl (C=O) groups excluding carboxylic acids is 2. The predicted molar refractivity (Wildman–Crippen MR) is 108 cm³/mol. The molecule has 2 heterocycles. The van der Waals surface area contributed by atoms with Crippen molar-refractivity contribution in [1.82, 2.24) is 14.3 Å². The fourth-order valence-electron chi connectivity index (χ4n) is 2.98. The molecule has 0 atom stereocenters. The van der Waals surface area contributed by atoms with E-state index in [2.05, 4.69) is 15.2 Å². The third kappa shape index (κ3) is 5.23. The molecular weight excluding hydrogens is 429 g/mol. The maximum Gasteiger partial charge on any atom is 0.434 e. The zero-order valence-electron chi connectivity index (χ0n) is 16.9. The molecule has 32 heavy (non-hydrogen) atoms. The third-order valence-corrected chi connectivity index (χ3v) is 4.39. The molecule has 8 nitrogen and oxygen atoms in total. The zero-order valence-corrected chi connectivity index (χ0v) is 16.9. The van der Waals surface area contributed by atoms with Crippen molar-refractivity contribution < 1.29 is 27.5 Å². The third-order valence-electron chi connectivity index (χ3n) is 4.39. The molecule has 0 saturated heterocycles. The number of nitrogens with one attached hydrogen (secondary N) is 1. The van der Waals surface area contributed by atoms with Crippen LogP contribution in [0, 0.1) is 0 Å². The summed E-state index contributed by atoms with van der Waals surface area (Å²) in [6, 6.07) is 10.2. The van der Waals surface area contributed by atoms with E-state index in [1.54, 1.807) is 18.3 Å². The second kappa shape index (κ2) is 9.50. The van der Waals surface area contributed by atoms with Gasteiger partial charge < -0.3 is 14.6 Å². The lowest BCUT2D eigenvalue weighted by Crippen LogP contribution is -2.22. The lowest BCUT2D eigenvalue weighted by Gasteiger charge is -2.13. The van der Waals surface area contributed by atoms with Crippen LogP contribution in [0.4, 0.5) is 18.9 Å². The summed E-state index contributed by atoms with van der Waals surface area (Å²) in [5, 5.41) is 6.29. The smallest absolute Gasteiger partial charge is 0.434 e. The predicted octanol–water partition coefficient (Wildman–Crippen LogP) is 3.26. The number of aryl methyl sites for hydroxylation is 1. The maximum atomic E-state index is 13.7. The van der Waals surface area contributed by atoms with E-state index in [0.29, 0.717) is 4.68 Å². The van der Waals surface area contributed by atoms with Crippen LogP contribution in [-0.2, 0) is 22.3 Å². The van der Waals surface area contributed by atoms with Gasteiger partial charge in [-0.05, 0) is 31.2 Å². The Labute approximate surface area is 180 Å². The van der Waals surface area contributed by atoms with Gasteiger partial charge >= 0.3 is 12.1 Å². The van der Waals surface area contributed by atoms with E-state index < -0.39 is 29.3 Å². The van der Waals surface area contributed by atoms with E-state index in [1.807, 2.05) is 0 Å². The van der Waals surface area contributed by atoms with E-state index in [1.165, 1.54) is 41.8 Å². The number of carbonyl (C=O) groups is 2. The lowest BCUT2D eigenvalue weighted by atomic mass is 10.2. The van der Waals surface area contributed by atoms with Gasteiger partial charge in [0.05, 0.1) is 18.5 Å². The standard InChI is InChI=1S/C21H19F3N4O4/c1-2-32-20(31)16-13-25-28(19(16)21(22,23)24)15-7-5-6-14(12-15)26-17(29)9-11-27-10-4-3-8-18(27)30/h3-8,10,12-13H,2,9,11H2,1H3,(H,26,29). The number of nitrogens with zero attached hydrogens (tertiary/aromatic N) is 3. The monoisotopic (exact) mass is 448 g/mol. The van der Waals surface area contributed by atoms with Crippen LogP contribution in [0.15, 0.2) is 59.7 Å². The van der Waals surface area contributed by atoms with E-state index >= 15 is 0 Å². The summed E-state index contributed by atoms with van der Waals surface area (Å²) in [7, 11) is 0. The summed E-state index contributed by atoms with van der Waals surface area (Å²) in [6.45, 7) is 1.54. The van der Waals surface area contributed by atoms with Crippen LogP contribution in [0.5, 0.6) is 0 Å². The molecule has 0 radical (unpaired) electrons. The number of amides is 1. The van der Waals surface area contributed by atoms with Crippen LogP contribution in [0.2, 0.25) is 0 Å². The van der Waals surface area contributed by atoms with Crippen LogP contribution >= 0.6 is 0 Å². The number of anilines is 1. The molecular formula is C21H19F3N4O4. The summed E-state index contributed by atoms with van der Waals surface area (Å²) in [4.78, 5) is 35.9. The van der Waals surface area contributed by atoms with Crippen molar-refractivity contribution in [1.29, 1.82) is 0 Å². The Kier molecular flexibility index (Phi) is 6.76. The van der Waals surface area contributed by atoms with Gasteiger partial charge in [0.2, 0.25) is 5.91 Å². The second-order valence-corrected chi connectivity index (χ2v) is 6.62. The first-order valence-electron chi connectivity index (χ1n) is 9.58. The molecule has 2 aromatic heterocycles. The second-order valence-electron chi connectivity index (χ2n) is 6.62. The number of halogens is 3. The molecule has 0 unspecified atom stereocenters. The average molecular weight is 448 g/mol. The maximum absolute atomic E-state index is 13.7. The van der Waals surface area contributed by atoms with E-state index in [0.717, 1.165) is 6.20 Å². The quantitative estimate of drug-likeness (QED) is 0.560. The summed E-state index contributed by atoms with van der Waals surface area (Å²) in [5.41, 5.74) is -2.01. The van der Waals surface area contributed by atoms with Crippen molar-refractivity contribution >= 4 is 17.6 Å². The first-order chi connectivity index (χ1) is 15.2. The fourth-order valence-corrected chi connectivity index (χ4v) is 2.98. The molecule has 0 fully saturated rings. The number of ether oxygens (including phenoxy) is 1. The van der Waals surface area contributed by atoms with Crippen molar-refractivity contribution in [3.05, 3.63) is 76.5 Å². The lowest BCUT2D eigenvalue weighted by molar-refractivity contribution is -0.143. The number of hydrogen-bond acceptors (Lipinski definition) is 5. The number of rotatable bonds is 7. The van der Waals surface area contributed by atoms with Gasteiger partial charge in [-0.3, -0.25) is 9.59 Å². The molecule has 3 rings (SSSR count). The number of esters is 1. The molecule has 0 aliphatic heterocycles. The van der Waals surface area contributed by atoms with E-state index in [4.69, 9.17) is 0 Å². The highest BCUT2D eigenvalue weighted by molar-refractivity contribution is 5.91. The first-order valence-corrected chi connectivity index (χ1v) is 9.58. The van der Waals surface area contributed by atoms with Gasteiger partial charge in [0.1, 0.15) is 5.56 Å². The van der Waals surface area contributed by atoms with Crippen molar-refractivity contribution in [2.24, 2.45) is 0 Å². The minimum absolute atomic E-state index is 0.00930. The minimum Gasteiger partial charge on any atom is -0.462 e. The molecule has 0 aliphatic rings. The summed E-state index contributed by atoms with van der Waals surface area (Å²) < 4.78 is 47.6. The van der Waals surface area contributed by atoms with E-state index in [-0.39, 0.29) is 36.5 Å². The molecule has 1 amide bonds. The molecule has 11 heteroatoms. The molecule has 0 bridgehead atoms.